The molecule has 1 atom stereocenters. The van der Waals surface area contributed by atoms with Crippen molar-refractivity contribution in [1.82, 2.24) is 5.32 Å². The van der Waals surface area contributed by atoms with Crippen molar-refractivity contribution in [3.63, 3.8) is 0 Å². The summed E-state index contributed by atoms with van der Waals surface area (Å²) < 4.78 is 0. The number of hydrogen-bond donors (Lipinski definition) is 1. The molecule has 0 radical (unpaired) electrons. The second-order valence-corrected chi connectivity index (χ2v) is 2.51. The number of rotatable bonds is 1. The van der Waals surface area contributed by atoms with E-state index in [9.17, 15) is 4.79 Å². The first-order chi connectivity index (χ1) is 4.84. The molecule has 2 nitrogen and oxygen atoms in total. The highest BCUT2D eigenvalue weighted by atomic mass is 16.1. The molecular formula is C8H11NO. The van der Waals surface area contributed by atoms with Crippen molar-refractivity contribution < 1.29 is 4.79 Å². The second kappa shape index (κ2) is 3.38. The summed E-state index contributed by atoms with van der Waals surface area (Å²) in [5.41, 5.74) is 0. The smallest absolute Gasteiger partial charge is 0.222 e. The number of carbonyl (C=O) groups is 1. The van der Waals surface area contributed by atoms with Gasteiger partial charge in [-0.1, -0.05) is 6.42 Å². The van der Waals surface area contributed by atoms with E-state index >= 15 is 0 Å². The van der Waals surface area contributed by atoms with Crippen LogP contribution in [0.25, 0.3) is 0 Å². The molecule has 1 fully saturated rings. The van der Waals surface area contributed by atoms with E-state index in [2.05, 4.69) is 11.2 Å². The number of piperidine rings is 1. The normalized spacial score (nSPS) is 25.3. The van der Waals surface area contributed by atoms with Crippen molar-refractivity contribution in [3.8, 4) is 12.3 Å². The number of ketones is 1. The third-order valence-corrected chi connectivity index (χ3v) is 1.77. The zero-order chi connectivity index (χ0) is 7.40. The van der Waals surface area contributed by atoms with Gasteiger partial charge in [-0.25, -0.2) is 0 Å². The van der Waals surface area contributed by atoms with Crippen LogP contribution in [0, 0.1) is 12.3 Å². The Kier molecular flexibility index (Phi) is 2.47. The van der Waals surface area contributed by atoms with Gasteiger partial charge in [0.25, 0.3) is 0 Å². The molecule has 2 heteroatoms. The maximum absolute atomic E-state index is 10.9. The van der Waals surface area contributed by atoms with Gasteiger partial charge in [-0.05, 0) is 25.3 Å². The van der Waals surface area contributed by atoms with E-state index in [1.165, 1.54) is 0 Å². The molecule has 10 heavy (non-hydrogen) atoms. The summed E-state index contributed by atoms with van der Waals surface area (Å²) >= 11 is 0. The summed E-state index contributed by atoms with van der Waals surface area (Å²) in [6.07, 6.45) is 8.15. The first-order valence-corrected chi connectivity index (χ1v) is 3.58. The Hall–Kier alpha value is -0.810. The van der Waals surface area contributed by atoms with Crippen molar-refractivity contribution >= 4 is 5.78 Å². The number of hydrogen-bond acceptors (Lipinski definition) is 2. The molecule has 54 valence electrons. The van der Waals surface area contributed by atoms with E-state index in [4.69, 9.17) is 6.42 Å². The molecular weight excluding hydrogens is 126 g/mol. The fourth-order valence-corrected chi connectivity index (χ4v) is 1.18. The SMILES string of the molecule is C#CC(=O)C1CCCCN1. The average molecular weight is 137 g/mol. The van der Waals surface area contributed by atoms with Crippen LogP contribution in [0.1, 0.15) is 19.3 Å². The van der Waals surface area contributed by atoms with E-state index in [-0.39, 0.29) is 11.8 Å². The number of carbonyl (C=O) groups excluding carboxylic acids is 1. The minimum absolute atomic E-state index is 0.0567. The molecule has 0 aromatic heterocycles. The molecule has 0 bridgehead atoms. The Labute approximate surface area is 61.0 Å². The van der Waals surface area contributed by atoms with Gasteiger partial charge in [0.15, 0.2) is 0 Å². The molecule has 0 aliphatic carbocycles. The van der Waals surface area contributed by atoms with Crippen LogP contribution in [0.5, 0.6) is 0 Å². The molecule has 1 N–H and O–H groups in total. The van der Waals surface area contributed by atoms with Crippen LogP contribution in [0.15, 0.2) is 0 Å². The van der Waals surface area contributed by atoms with Crippen LogP contribution < -0.4 is 5.32 Å². The van der Waals surface area contributed by atoms with Gasteiger partial charge in [0, 0.05) is 0 Å². The first kappa shape index (κ1) is 7.30. The summed E-state index contributed by atoms with van der Waals surface area (Å²) in [6, 6.07) is -0.0567. The summed E-state index contributed by atoms with van der Waals surface area (Å²) in [4.78, 5) is 10.9. The molecule has 1 aliphatic rings. The molecule has 0 saturated carbocycles. The van der Waals surface area contributed by atoms with Gasteiger partial charge < -0.3 is 5.32 Å². The Morgan fingerprint density at radius 1 is 1.60 bits per heavy atom. The van der Waals surface area contributed by atoms with Crippen molar-refractivity contribution in [2.45, 2.75) is 25.3 Å². The van der Waals surface area contributed by atoms with Gasteiger partial charge >= 0.3 is 0 Å². The Balaban J connectivity index is 2.40. The van der Waals surface area contributed by atoms with Crippen molar-refractivity contribution in [2.24, 2.45) is 0 Å². The molecule has 0 spiro atoms. The molecule has 1 saturated heterocycles. The van der Waals surface area contributed by atoms with E-state index < -0.39 is 0 Å². The molecule has 0 aromatic rings. The second-order valence-electron chi connectivity index (χ2n) is 2.51. The minimum Gasteiger partial charge on any atom is -0.307 e. The van der Waals surface area contributed by atoms with Gasteiger partial charge in [-0.15, -0.1) is 6.42 Å². The first-order valence-electron chi connectivity index (χ1n) is 3.58. The lowest BCUT2D eigenvalue weighted by atomic mass is 10.0. The molecule has 0 aromatic carbocycles. The highest BCUT2D eigenvalue weighted by molar-refractivity contribution is 5.99. The van der Waals surface area contributed by atoms with E-state index in [0.717, 1.165) is 25.8 Å². The largest absolute Gasteiger partial charge is 0.307 e. The van der Waals surface area contributed by atoms with E-state index in [1.54, 1.807) is 0 Å². The standard InChI is InChI=1S/C8H11NO/c1-2-8(10)7-5-3-4-6-9-7/h1,7,9H,3-6H2. The topological polar surface area (TPSA) is 29.1 Å². The lowest BCUT2D eigenvalue weighted by Gasteiger charge is -2.19. The Morgan fingerprint density at radius 3 is 2.90 bits per heavy atom. The summed E-state index contributed by atoms with van der Waals surface area (Å²) in [6.45, 7) is 0.929. The zero-order valence-electron chi connectivity index (χ0n) is 5.89. The monoisotopic (exact) mass is 137 g/mol. The third kappa shape index (κ3) is 1.58. The summed E-state index contributed by atoms with van der Waals surface area (Å²) in [5.74, 6) is 2.04. The van der Waals surface area contributed by atoms with E-state index in [0.29, 0.717) is 0 Å². The van der Waals surface area contributed by atoms with Gasteiger partial charge in [-0.2, -0.15) is 0 Å². The predicted molar refractivity (Wildman–Crippen MR) is 39.5 cm³/mol. The summed E-state index contributed by atoms with van der Waals surface area (Å²) in [7, 11) is 0. The summed E-state index contributed by atoms with van der Waals surface area (Å²) in [5, 5.41) is 3.08. The van der Waals surface area contributed by atoms with Crippen molar-refractivity contribution in [1.29, 1.82) is 0 Å². The van der Waals surface area contributed by atoms with E-state index in [1.807, 2.05) is 0 Å². The fourth-order valence-electron chi connectivity index (χ4n) is 1.18. The van der Waals surface area contributed by atoms with Crippen LogP contribution in [0.4, 0.5) is 0 Å². The number of nitrogens with one attached hydrogen (secondary N) is 1. The Morgan fingerprint density at radius 2 is 2.40 bits per heavy atom. The molecule has 1 aliphatic heterocycles. The van der Waals surface area contributed by atoms with Gasteiger partial charge in [0.05, 0.1) is 6.04 Å². The van der Waals surface area contributed by atoms with Crippen LogP contribution in [-0.2, 0) is 4.79 Å². The predicted octanol–water partition coefficient (Wildman–Crippen LogP) is 0.331. The molecule has 1 unspecified atom stereocenters. The lowest BCUT2D eigenvalue weighted by molar-refractivity contribution is -0.116. The Bertz CT molecular complexity index is 163. The van der Waals surface area contributed by atoms with Crippen LogP contribution in [0.3, 0.4) is 0 Å². The van der Waals surface area contributed by atoms with Crippen molar-refractivity contribution in [2.75, 3.05) is 6.54 Å². The van der Waals surface area contributed by atoms with Crippen LogP contribution in [-0.4, -0.2) is 18.4 Å². The van der Waals surface area contributed by atoms with Crippen molar-refractivity contribution in [3.05, 3.63) is 0 Å². The number of Topliss-reactive ketones (excluding diaryl/α,β-unsaturated/α-hetero) is 1. The van der Waals surface area contributed by atoms with Crippen LogP contribution >= 0.6 is 0 Å². The zero-order valence-corrected chi connectivity index (χ0v) is 5.89. The maximum Gasteiger partial charge on any atom is 0.222 e. The lowest BCUT2D eigenvalue weighted by Crippen LogP contribution is -2.39. The number of terminal acetylenes is 1. The average Bonchev–Trinajstić information content (AvgIpc) is 2.05. The van der Waals surface area contributed by atoms with Crippen LogP contribution in [0.2, 0.25) is 0 Å². The minimum atomic E-state index is -0.0975. The third-order valence-electron chi connectivity index (χ3n) is 1.77. The fraction of sp³-hybridized carbons (Fsp3) is 0.625. The quantitative estimate of drug-likeness (QED) is 0.417. The highest BCUT2D eigenvalue weighted by Crippen LogP contribution is 2.06. The van der Waals surface area contributed by atoms with Gasteiger partial charge in [0.1, 0.15) is 0 Å². The molecule has 1 rings (SSSR count). The highest BCUT2D eigenvalue weighted by Gasteiger charge is 2.17. The maximum atomic E-state index is 10.9. The molecule has 0 amide bonds. The van der Waals surface area contributed by atoms with Gasteiger partial charge in [0.2, 0.25) is 5.78 Å². The molecule has 1 heterocycles. The van der Waals surface area contributed by atoms with Gasteiger partial charge in [-0.3, -0.25) is 4.79 Å².